The van der Waals surface area contributed by atoms with Gasteiger partial charge in [0.05, 0.1) is 8.07 Å². The summed E-state index contributed by atoms with van der Waals surface area (Å²) in [6, 6.07) is 0. The largest absolute Gasteiger partial charge is 0.306 e. The van der Waals surface area contributed by atoms with Crippen molar-refractivity contribution in [3.05, 3.63) is 0 Å². The second-order valence-electron chi connectivity index (χ2n) is 4.50. The fraction of sp³-hybridized carbons (Fsp3) is 1.00. The minimum atomic E-state index is -0.861. The average molecular weight is 157 g/mol. The van der Waals surface area contributed by atoms with Crippen LogP contribution in [0.1, 0.15) is 12.8 Å². The van der Waals surface area contributed by atoms with Gasteiger partial charge in [0, 0.05) is 5.67 Å². The van der Waals surface area contributed by atoms with Crippen LogP contribution in [0, 0.1) is 0 Å². The number of hydrogen-bond donors (Lipinski definition) is 0. The van der Waals surface area contributed by atoms with Crippen molar-refractivity contribution in [1.82, 2.24) is 4.90 Å². The van der Waals surface area contributed by atoms with Crippen LogP contribution in [0.25, 0.3) is 0 Å². The van der Waals surface area contributed by atoms with Crippen LogP contribution in [0.3, 0.4) is 0 Å². The molecule has 0 spiro atoms. The van der Waals surface area contributed by atoms with Gasteiger partial charge in [-0.3, -0.25) is 0 Å². The fourth-order valence-electron chi connectivity index (χ4n) is 2.00. The van der Waals surface area contributed by atoms with E-state index in [-0.39, 0.29) is 0 Å². The van der Waals surface area contributed by atoms with Gasteiger partial charge in [-0.1, -0.05) is 19.6 Å². The SMILES string of the molecule is CN1CCCC1[Si](C)(C)C. The molecule has 0 aromatic heterocycles. The first-order valence-corrected chi connectivity index (χ1v) is 7.80. The van der Waals surface area contributed by atoms with Gasteiger partial charge >= 0.3 is 0 Å². The van der Waals surface area contributed by atoms with Crippen molar-refractivity contribution in [3.8, 4) is 0 Å². The van der Waals surface area contributed by atoms with Crippen LogP contribution in [-0.2, 0) is 0 Å². The first-order valence-electron chi connectivity index (χ1n) is 4.22. The molecule has 1 aliphatic rings. The fourth-order valence-corrected chi connectivity index (χ4v) is 4.53. The van der Waals surface area contributed by atoms with Crippen molar-refractivity contribution in [2.75, 3.05) is 13.6 Å². The molecule has 1 rings (SSSR count). The molecule has 0 bridgehead atoms. The third-order valence-electron chi connectivity index (χ3n) is 2.52. The van der Waals surface area contributed by atoms with Crippen molar-refractivity contribution < 1.29 is 0 Å². The van der Waals surface area contributed by atoms with Gasteiger partial charge in [0.1, 0.15) is 0 Å². The molecule has 1 unspecified atom stereocenters. The highest BCUT2D eigenvalue weighted by molar-refractivity contribution is 6.77. The Balaban J connectivity index is 2.55. The maximum atomic E-state index is 2.55. The van der Waals surface area contributed by atoms with Crippen LogP contribution in [0.2, 0.25) is 19.6 Å². The molecule has 10 heavy (non-hydrogen) atoms. The molecular weight excluding hydrogens is 138 g/mol. The Morgan fingerprint density at radius 2 is 1.90 bits per heavy atom. The Hall–Kier alpha value is 0.177. The lowest BCUT2D eigenvalue weighted by atomic mass is 10.4. The molecule has 0 N–H and O–H groups in total. The third-order valence-corrected chi connectivity index (χ3v) is 5.25. The molecule has 1 heterocycles. The smallest absolute Gasteiger partial charge is 0.0638 e. The maximum Gasteiger partial charge on any atom is 0.0638 e. The molecule has 60 valence electrons. The van der Waals surface area contributed by atoms with E-state index < -0.39 is 8.07 Å². The van der Waals surface area contributed by atoms with Gasteiger partial charge in [-0.15, -0.1) is 0 Å². The first kappa shape index (κ1) is 8.28. The predicted octanol–water partition coefficient (Wildman–Crippen LogP) is 1.96. The summed E-state index contributed by atoms with van der Waals surface area (Å²) in [5.41, 5.74) is 0.951. The highest BCUT2D eigenvalue weighted by Crippen LogP contribution is 2.23. The second-order valence-corrected chi connectivity index (χ2v) is 9.90. The standard InChI is InChI=1S/C8H19NSi/c1-9-7-5-6-8(9)10(2,3)4/h8H,5-7H2,1-4H3. The zero-order valence-corrected chi connectivity index (χ0v) is 8.65. The monoisotopic (exact) mass is 157 g/mol. The van der Waals surface area contributed by atoms with Gasteiger partial charge in [-0.25, -0.2) is 0 Å². The highest BCUT2D eigenvalue weighted by Gasteiger charge is 2.32. The molecule has 1 aliphatic heterocycles. The van der Waals surface area contributed by atoms with E-state index in [4.69, 9.17) is 0 Å². The van der Waals surface area contributed by atoms with Crippen molar-refractivity contribution in [2.24, 2.45) is 0 Å². The number of rotatable bonds is 1. The Kier molecular flexibility index (Phi) is 2.20. The molecule has 0 radical (unpaired) electrons. The van der Waals surface area contributed by atoms with E-state index in [0.29, 0.717) is 0 Å². The van der Waals surface area contributed by atoms with Gasteiger partial charge in [0.15, 0.2) is 0 Å². The van der Waals surface area contributed by atoms with Crippen molar-refractivity contribution in [2.45, 2.75) is 38.1 Å². The zero-order valence-electron chi connectivity index (χ0n) is 7.65. The van der Waals surface area contributed by atoms with E-state index in [1.165, 1.54) is 19.4 Å². The Bertz CT molecular complexity index is 117. The summed E-state index contributed by atoms with van der Waals surface area (Å²) in [5.74, 6) is 0. The summed E-state index contributed by atoms with van der Waals surface area (Å²) in [7, 11) is 1.41. The van der Waals surface area contributed by atoms with E-state index in [2.05, 4.69) is 31.6 Å². The summed E-state index contributed by atoms with van der Waals surface area (Å²) < 4.78 is 0. The molecule has 1 nitrogen and oxygen atoms in total. The number of likely N-dealkylation sites (tertiary alicyclic amines) is 1. The summed E-state index contributed by atoms with van der Waals surface area (Å²) in [5, 5.41) is 0. The first-order chi connectivity index (χ1) is 4.52. The van der Waals surface area contributed by atoms with Gasteiger partial charge < -0.3 is 4.90 Å². The molecule has 0 saturated carbocycles. The quantitative estimate of drug-likeness (QED) is 0.526. The Morgan fingerprint density at radius 1 is 1.30 bits per heavy atom. The molecule has 0 aromatic rings. The van der Waals surface area contributed by atoms with Crippen molar-refractivity contribution in [1.29, 1.82) is 0 Å². The third kappa shape index (κ3) is 1.61. The van der Waals surface area contributed by atoms with E-state index >= 15 is 0 Å². The minimum absolute atomic E-state index is 0.861. The predicted molar refractivity (Wildman–Crippen MR) is 49.0 cm³/mol. The molecule has 0 aromatic carbocycles. The average Bonchev–Trinajstić information content (AvgIpc) is 2.11. The van der Waals surface area contributed by atoms with Crippen LogP contribution < -0.4 is 0 Å². The molecular formula is C8H19NSi. The van der Waals surface area contributed by atoms with Crippen LogP contribution >= 0.6 is 0 Å². The van der Waals surface area contributed by atoms with Crippen molar-refractivity contribution >= 4 is 8.07 Å². The molecule has 0 amide bonds. The molecule has 1 saturated heterocycles. The normalized spacial score (nSPS) is 29.4. The van der Waals surface area contributed by atoms with Gasteiger partial charge in [-0.05, 0) is 26.4 Å². The van der Waals surface area contributed by atoms with E-state index in [9.17, 15) is 0 Å². The molecule has 2 heteroatoms. The minimum Gasteiger partial charge on any atom is -0.306 e. The number of hydrogen-bond acceptors (Lipinski definition) is 1. The van der Waals surface area contributed by atoms with E-state index in [1.54, 1.807) is 0 Å². The lowest BCUT2D eigenvalue weighted by Gasteiger charge is -2.30. The van der Waals surface area contributed by atoms with Crippen LogP contribution in [-0.4, -0.2) is 32.2 Å². The van der Waals surface area contributed by atoms with Gasteiger partial charge in [0.2, 0.25) is 0 Å². The lowest BCUT2D eigenvalue weighted by molar-refractivity contribution is 0.374. The molecule has 0 aliphatic carbocycles. The summed E-state index contributed by atoms with van der Waals surface area (Å²) in [6.45, 7) is 8.74. The van der Waals surface area contributed by atoms with E-state index in [0.717, 1.165) is 5.67 Å². The topological polar surface area (TPSA) is 3.24 Å². The lowest BCUT2D eigenvalue weighted by Crippen LogP contribution is -2.45. The highest BCUT2D eigenvalue weighted by atomic mass is 28.3. The maximum absolute atomic E-state index is 2.55. The zero-order chi connectivity index (χ0) is 7.78. The summed E-state index contributed by atoms with van der Waals surface area (Å²) in [4.78, 5) is 2.55. The van der Waals surface area contributed by atoms with Crippen LogP contribution in [0.4, 0.5) is 0 Å². The van der Waals surface area contributed by atoms with Gasteiger partial charge in [-0.2, -0.15) is 0 Å². The van der Waals surface area contributed by atoms with Gasteiger partial charge in [0.25, 0.3) is 0 Å². The molecule has 1 fully saturated rings. The summed E-state index contributed by atoms with van der Waals surface area (Å²) in [6.07, 6.45) is 2.87. The Morgan fingerprint density at radius 3 is 2.10 bits per heavy atom. The second kappa shape index (κ2) is 2.66. The molecule has 1 atom stereocenters. The van der Waals surface area contributed by atoms with Crippen molar-refractivity contribution in [3.63, 3.8) is 0 Å². The Labute approximate surface area is 65.4 Å². The van der Waals surface area contributed by atoms with Crippen LogP contribution in [0.15, 0.2) is 0 Å². The number of nitrogens with zero attached hydrogens (tertiary/aromatic N) is 1. The van der Waals surface area contributed by atoms with Crippen LogP contribution in [0.5, 0.6) is 0 Å². The van der Waals surface area contributed by atoms with E-state index in [1.807, 2.05) is 0 Å². The summed E-state index contributed by atoms with van der Waals surface area (Å²) >= 11 is 0.